The summed E-state index contributed by atoms with van der Waals surface area (Å²) >= 11 is 3.22. The molecule has 184 valence electrons. The molecule has 10 heteroatoms. The van der Waals surface area contributed by atoms with Crippen molar-refractivity contribution in [2.24, 2.45) is 5.41 Å². The van der Waals surface area contributed by atoms with E-state index in [4.69, 9.17) is 19.9 Å². The fraction of sp³-hybridized carbons (Fsp3) is 0.500. The number of carbonyl (C=O) groups is 1. The van der Waals surface area contributed by atoms with Crippen molar-refractivity contribution in [1.82, 2.24) is 15.3 Å². The molecule has 2 aromatic rings. The van der Waals surface area contributed by atoms with E-state index >= 15 is 0 Å². The molecule has 1 aliphatic heterocycles. The van der Waals surface area contributed by atoms with Crippen LogP contribution in [-0.2, 0) is 11.3 Å². The molecule has 0 aliphatic carbocycles. The molecule has 3 N–H and O–H groups in total. The molecule has 1 atom stereocenters. The number of nitrogens with zero attached hydrogens (tertiary/aromatic N) is 3. The van der Waals surface area contributed by atoms with Crippen molar-refractivity contribution in [1.29, 1.82) is 5.41 Å². The highest BCUT2D eigenvalue weighted by Gasteiger charge is 2.35. The molecule has 34 heavy (non-hydrogen) atoms. The van der Waals surface area contributed by atoms with Crippen LogP contribution in [0.1, 0.15) is 45.4 Å². The molecule has 1 aromatic carbocycles. The second-order valence-corrected chi connectivity index (χ2v) is 10.6. The van der Waals surface area contributed by atoms with Crippen LogP contribution < -0.4 is 20.3 Å². The molecule has 1 aliphatic rings. The monoisotopic (exact) mass is 532 g/mol. The Bertz CT molecular complexity index is 1020. The Morgan fingerprint density at radius 1 is 1.29 bits per heavy atom. The Labute approximate surface area is 209 Å². The number of anilines is 2. The first kappa shape index (κ1) is 25.7. The Morgan fingerprint density at radius 3 is 2.62 bits per heavy atom. The van der Waals surface area contributed by atoms with E-state index in [1.54, 1.807) is 13.3 Å². The number of halogens is 1. The van der Waals surface area contributed by atoms with Gasteiger partial charge in [-0.25, -0.2) is 14.8 Å². The van der Waals surface area contributed by atoms with Crippen molar-refractivity contribution < 1.29 is 14.3 Å². The molecule has 0 spiro atoms. The molecular formula is C24H33BrN6O3. The summed E-state index contributed by atoms with van der Waals surface area (Å²) in [6, 6.07) is 7.77. The number of methoxy groups -OCH3 is 1. The minimum Gasteiger partial charge on any atom is -0.497 e. The van der Waals surface area contributed by atoms with Crippen molar-refractivity contribution in [3.8, 4) is 5.75 Å². The number of nitrogens with one attached hydrogen (secondary N) is 3. The molecule has 1 amide bonds. The number of aromatic nitrogens is 2. The minimum absolute atomic E-state index is 0.115. The first-order valence-corrected chi connectivity index (χ1v) is 12.0. The van der Waals surface area contributed by atoms with Gasteiger partial charge in [0.05, 0.1) is 13.3 Å². The van der Waals surface area contributed by atoms with Crippen molar-refractivity contribution in [2.45, 2.75) is 46.3 Å². The van der Waals surface area contributed by atoms with Crippen LogP contribution in [0.5, 0.6) is 5.75 Å². The molecule has 0 radical (unpaired) electrons. The lowest BCUT2D eigenvalue weighted by Gasteiger charge is -2.27. The molecule has 0 saturated carbocycles. The molecule has 2 heterocycles. The highest BCUT2D eigenvalue weighted by Crippen LogP contribution is 2.32. The van der Waals surface area contributed by atoms with E-state index in [0.717, 1.165) is 36.6 Å². The summed E-state index contributed by atoms with van der Waals surface area (Å²) in [4.78, 5) is 23.5. The lowest BCUT2D eigenvalue weighted by atomic mass is 9.90. The predicted molar refractivity (Wildman–Crippen MR) is 137 cm³/mol. The van der Waals surface area contributed by atoms with Gasteiger partial charge < -0.3 is 25.0 Å². The lowest BCUT2D eigenvalue weighted by Crippen LogP contribution is -2.40. The lowest BCUT2D eigenvalue weighted by molar-refractivity contribution is 0.0507. The van der Waals surface area contributed by atoms with Crippen LogP contribution in [0.4, 0.5) is 16.4 Å². The van der Waals surface area contributed by atoms with Gasteiger partial charge in [-0.05, 0) is 60.8 Å². The largest absolute Gasteiger partial charge is 0.497 e. The molecule has 1 unspecified atom stereocenters. The first-order chi connectivity index (χ1) is 16.0. The zero-order valence-corrected chi connectivity index (χ0v) is 22.0. The van der Waals surface area contributed by atoms with Gasteiger partial charge in [0.25, 0.3) is 0 Å². The fourth-order valence-corrected chi connectivity index (χ4v) is 4.00. The quantitative estimate of drug-likeness (QED) is 0.427. The van der Waals surface area contributed by atoms with E-state index < -0.39 is 11.7 Å². The third-order valence-corrected chi connectivity index (χ3v) is 5.90. The SMILES string of the molecule is COc1ccc(CNc2nc(N3CCC(C)(CNC(=O)OC(C)(C)C)C3)cnc2C(=N)Br)cc1. The predicted octanol–water partition coefficient (Wildman–Crippen LogP) is 4.56. The van der Waals surface area contributed by atoms with Gasteiger partial charge in [-0.3, -0.25) is 5.41 Å². The van der Waals surface area contributed by atoms with Crippen molar-refractivity contribution in [2.75, 3.05) is 37.0 Å². The highest BCUT2D eigenvalue weighted by molar-refractivity contribution is 9.18. The van der Waals surface area contributed by atoms with Crippen LogP contribution in [0.15, 0.2) is 30.5 Å². The van der Waals surface area contributed by atoms with Gasteiger partial charge in [-0.15, -0.1) is 0 Å². The summed E-state index contributed by atoms with van der Waals surface area (Å²) in [7, 11) is 1.64. The Morgan fingerprint density at radius 2 is 2.00 bits per heavy atom. The Hall–Kier alpha value is -2.88. The van der Waals surface area contributed by atoms with Gasteiger partial charge in [-0.2, -0.15) is 0 Å². The van der Waals surface area contributed by atoms with E-state index in [1.165, 1.54) is 0 Å². The van der Waals surface area contributed by atoms with Gasteiger partial charge in [0.1, 0.15) is 27.5 Å². The van der Waals surface area contributed by atoms with E-state index in [2.05, 4.69) is 43.4 Å². The second-order valence-electron chi connectivity index (χ2n) is 9.78. The fourth-order valence-electron chi connectivity index (χ4n) is 3.71. The molecule has 9 nitrogen and oxygen atoms in total. The van der Waals surface area contributed by atoms with Gasteiger partial charge >= 0.3 is 6.09 Å². The molecule has 1 aromatic heterocycles. The topological polar surface area (TPSA) is 112 Å². The second kappa shape index (κ2) is 10.6. The van der Waals surface area contributed by atoms with Crippen molar-refractivity contribution >= 4 is 38.3 Å². The number of benzene rings is 1. The normalized spacial score (nSPS) is 17.9. The number of carbonyl (C=O) groups excluding carboxylic acids is 1. The van der Waals surface area contributed by atoms with Gasteiger partial charge in [-0.1, -0.05) is 19.1 Å². The first-order valence-electron chi connectivity index (χ1n) is 11.2. The van der Waals surface area contributed by atoms with E-state index in [0.29, 0.717) is 24.6 Å². The standard InChI is InChI=1S/C24H33BrN6O3/c1-23(2,3)34-22(32)29-14-24(4)10-11-31(15-24)18-13-27-19(20(25)26)21(30-18)28-12-16-6-8-17(33-5)9-7-16/h6-9,13,26H,10-12,14-15H2,1-5H3,(H,28,30)(H,29,32). The van der Waals surface area contributed by atoms with Crippen LogP contribution in [0.2, 0.25) is 0 Å². The molecular weight excluding hydrogens is 500 g/mol. The summed E-state index contributed by atoms with van der Waals surface area (Å²) in [6.07, 6.45) is 2.18. The van der Waals surface area contributed by atoms with E-state index in [9.17, 15) is 4.79 Å². The summed E-state index contributed by atoms with van der Waals surface area (Å²) in [5, 5.41) is 14.2. The maximum Gasteiger partial charge on any atom is 0.407 e. The molecule has 0 bridgehead atoms. The zero-order chi connectivity index (χ0) is 24.9. The van der Waals surface area contributed by atoms with Gasteiger partial charge in [0.15, 0.2) is 5.82 Å². The van der Waals surface area contributed by atoms with Crippen LogP contribution >= 0.6 is 15.9 Å². The third-order valence-electron chi connectivity index (χ3n) is 5.53. The molecule has 1 fully saturated rings. The third kappa shape index (κ3) is 7.06. The number of alkyl carbamates (subject to hydrolysis) is 1. The maximum atomic E-state index is 12.1. The zero-order valence-electron chi connectivity index (χ0n) is 20.4. The number of hydrogen-bond donors (Lipinski definition) is 3. The van der Waals surface area contributed by atoms with E-state index in [1.807, 2.05) is 45.0 Å². The summed E-state index contributed by atoms with van der Waals surface area (Å²) in [6.45, 7) is 10.3. The van der Waals surface area contributed by atoms with Crippen molar-refractivity contribution in [3.63, 3.8) is 0 Å². The molecule has 3 rings (SSSR count). The van der Waals surface area contributed by atoms with Crippen LogP contribution in [-0.4, -0.2) is 53.0 Å². The Balaban J connectivity index is 1.67. The maximum absolute atomic E-state index is 12.1. The summed E-state index contributed by atoms with van der Waals surface area (Å²) < 4.78 is 10.7. The number of amides is 1. The summed E-state index contributed by atoms with van der Waals surface area (Å²) in [5.41, 5.74) is 0.867. The van der Waals surface area contributed by atoms with Gasteiger partial charge in [0.2, 0.25) is 0 Å². The minimum atomic E-state index is -0.525. The average molecular weight is 533 g/mol. The highest BCUT2D eigenvalue weighted by atomic mass is 79.9. The number of hydrogen-bond acceptors (Lipinski definition) is 8. The molecule has 1 saturated heterocycles. The van der Waals surface area contributed by atoms with E-state index in [-0.39, 0.29) is 10.0 Å². The van der Waals surface area contributed by atoms with Crippen LogP contribution in [0, 0.1) is 10.8 Å². The number of ether oxygens (including phenoxy) is 2. The average Bonchev–Trinajstić information content (AvgIpc) is 3.18. The van der Waals surface area contributed by atoms with Crippen LogP contribution in [0.25, 0.3) is 0 Å². The Kier molecular flexibility index (Phi) is 8.01. The van der Waals surface area contributed by atoms with Gasteiger partial charge in [0, 0.05) is 31.6 Å². The number of rotatable bonds is 8. The van der Waals surface area contributed by atoms with Crippen molar-refractivity contribution in [3.05, 3.63) is 41.7 Å². The summed E-state index contributed by atoms with van der Waals surface area (Å²) in [5.74, 6) is 2.07. The smallest absolute Gasteiger partial charge is 0.407 e. The van der Waals surface area contributed by atoms with Crippen LogP contribution in [0.3, 0.4) is 0 Å².